The summed E-state index contributed by atoms with van der Waals surface area (Å²) in [5.41, 5.74) is 1.91. The molecule has 0 amide bonds. The Kier molecular flexibility index (Phi) is 3.13. The summed E-state index contributed by atoms with van der Waals surface area (Å²) in [7, 11) is 0.749. The van der Waals surface area contributed by atoms with Gasteiger partial charge in [0.05, 0.1) is 7.11 Å². The quantitative estimate of drug-likeness (QED) is 0.838. The van der Waals surface area contributed by atoms with Crippen LogP contribution in [0.5, 0.6) is 5.75 Å². The predicted octanol–water partition coefficient (Wildman–Crippen LogP) is 3.88. The molecule has 0 radical (unpaired) electrons. The molecule has 2 aromatic rings. The first-order chi connectivity index (χ1) is 9.29. The lowest BCUT2D eigenvalue weighted by Gasteiger charge is -2.14. The molecule has 19 heavy (non-hydrogen) atoms. The van der Waals surface area contributed by atoms with Gasteiger partial charge in [-0.1, -0.05) is 18.2 Å². The van der Waals surface area contributed by atoms with Crippen molar-refractivity contribution in [3.63, 3.8) is 0 Å². The van der Waals surface area contributed by atoms with E-state index in [1.807, 2.05) is 53.9 Å². The molecule has 3 rings (SSSR count). The Morgan fingerprint density at radius 1 is 1.05 bits per heavy atom. The van der Waals surface area contributed by atoms with E-state index in [1.54, 1.807) is 7.11 Å². The number of ether oxygens (including phenoxy) is 1. The van der Waals surface area contributed by atoms with E-state index in [9.17, 15) is 4.79 Å². The lowest BCUT2D eigenvalue weighted by molar-refractivity contribution is 0.108. The predicted molar refractivity (Wildman–Crippen MR) is 80.1 cm³/mol. The highest BCUT2D eigenvalue weighted by molar-refractivity contribution is 8.32. The maximum Gasteiger partial charge on any atom is 0.207 e. The van der Waals surface area contributed by atoms with E-state index < -0.39 is 10.9 Å². The van der Waals surface area contributed by atoms with Crippen molar-refractivity contribution in [2.24, 2.45) is 0 Å². The van der Waals surface area contributed by atoms with Gasteiger partial charge >= 0.3 is 0 Å². The van der Waals surface area contributed by atoms with Crippen LogP contribution in [0.1, 0.15) is 15.9 Å². The molecule has 2 aromatic carbocycles. The molecule has 3 heteroatoms. The standard InChI is InChI=1S/C16H14O2S/c1-18-14-8-6-13(7-9-14)16(17)19-11-10-12-4-2-3-5-15(12)19/h2-11,19H,1H3. The highest BCUT2D eigenvalue weighted by atomic mass is 32.2. The van der Waals surface area contributed by atoms with E-state index in [1.165, 1.54) is 0 Å². The minimum absolute atomic E-state index is 0.193. The number of hydrogen-bond acceptors (Lipinski definition) is 2. The summed E-state index contributed by atoms with van der Waals surface area (Å²) in [5.74, 6) is 0.770. The number of benzene rings is 2. The van der Waals surface area contributed by atoms with E-state index in [2.05, 4.69) is 6.07 Å². The van der Waals surface area contributed by atoms with Crippen LogP contribution < -0.4 is 4.74 Å². The molecule has 0 saturated carbocycles. The third-order valence-corrected chi connectivity index (χ3v) is 5.22. The van der Waals surface area contributed by atoms with Crippen LogP contribution >= 0.6 is 10.9 Å². The van der Waals surface area contributed by atoms with Gasteiger partial charge in [-0.3, -0.25) is 4.79 Å². The van der Waals surface area contributed by atoms with Gasteiger partial charge in [0.2, 0.25) is 5.12 Å². The zero-order valence-corrected chi connectivity index (χ0v) is 11.4. The van der Waals surface area contributed by atoms with Crippen molar-refractivity contribution in [3.8, 4) is 5.75 Å². The first kappa shape index (κ1) is 12.1. The Hall–Kier alpha value is -2.00. The molecule has 0 spiro atoms. The molecule has 2 nitrogen and oxygen atoms in total. The molecule has 0 aliphatic carbocycles. The molecule has 0 saturated heterocycles. The van der Waals surface area contributed by atoms with Crippen molar-refractivity contribution < 1.29 is 9.53 Å². The summed E-state index contributed by atoms with van der Waals surface area (Å²) in [5, 5.41) is 2.23. The fourth-order valence-corrected chi connectivity index (χ4v) is 4.06. The van der Waals surface area contributed by atoms with Gasteiger partial charge < -0.3 is 4.74 Å². The number of thiol groups is 1. The molecular formula is C16H14O2S. The number of hydrogen-bond donors (Lipinski definition) is 1. The minimum Gasteiger partial charge on any atom is -0.497 e. The summed E-state index contributed by atoms with van der Waals surface area (Å²) < 4.78 is 5.11. The highest BCUT2D eigenvalue weighted by Crippen LogP contribution is 2.48. The van der Waals surface area contributed by atoms with E-state index in [0.717, 1.165) is 21.8 Å². The van der Waals surface area contributed by atoms with Crippen molar-refractivity contribution >= 4 is 22.1 Å². The van der Waals surface area contributed by atoms with Crippen molar-refractivity contribution in [2.75, 3.05) is 7.11 Å². The van der Waals surface area contributed by atoms with Gasteiger partial charge in [0.25, 0.3) is 0 Å². The summed E-state index contributed by atoms with van der Waals surface area (Å²) in [4.78, 5) is 13.7. The van der Waals surface area contributed by atoms with E-state index in [-0.39, 0.29) is 5.12 Å². The van der Waals surface area contributed by atoms with Crippen LogP contribution in [0, 0.1) is 0 Å². The Bertz CT molecular complexity index is 644. The lowest BCUT2D eigenvalue weighted by atomic mass is 10.2. The Morgan fingerprint density at radius 2 is 1.79 bits per heavy atom. The lowest BCUT2D eigenvalue weighted by Crippen LogP contribution is -1.98. The van der Waals surface area contributed by atoms with Crippen LogP contribution in [0.3, 0.4) is 0 Å². The topological polar surface area (TPSA) is 26.3 Å². The Balaban J connectivity index is 1.91. The number of carbonyl (C=O) groups excluding carboxylic acids is 1. The smallest absolute Gasteiger partial charge is 0.207 e. The van der Waals surface area contributed by atoms with Crippen LogP contribution in [0.15, 0.2) is 58.8 Å². The van der Waals surface area contributed by atoms with Gasteiger partial charge in [0.1, 0.15) is 5.75 Å². The molecule has 1 heterocycles. The fraction of sp³-hybridized carbons (Fsp3) is 0.0625. The molecule has 96 valence electrons. The molecule has 1 aliphatic heterocycles. The summed E-state index contributed by atoms with van der Waals surface area (Å²) in [6, 6.07) is 15.4. The molecule has 0 aromatic heterocycles. The molecule has 1 atom stereocenters. The third kappa shape index (κ3) is 2.17. The second kappa shape index (κ2) is 4.94. The monoisotopic (exact) mass is 270 g/mol. The number of methoxy groups -OCH3 is 1. The second-order valence-electron chi connectivity index (χ2n) is 4.28. The maximum atomic E-state index is 12.5. The first-order valence-electron chi connectivity index (χ1n) is 6.04. The van der Waals surface area contributed by atoms with Crippen molar-refractivity contribution in [3.05, 3.63) is 65.1 Å². The van der Waals surface area contributed by atoms with Crippen LogP contribution in [0.2, 0.25) is 0 Å². The largest absolute Gasteiger partial charge is 0.497 e. The third-order valence-electron chi connectivity index (χ3n) is 3.16. The normalized spacial score (nSPS) is 18.1. The van der Waals surface area contributed by atoms with Crippen molar-refractivity contribution in [1.29, 1.82) is 0 Å². The van der Waals surface area contributed by atoms with Gasteiger partial charge in [-0.15, -0.1) is 10.9 Å². The van der Waals surface area contributed by atoms with Gasteiger partial charge in [0.15, 0.2) is 0 Å². The maximum absolute atomic E-state index is 12.5. The molecule has 0 N–H and O–H groups in total. The van der Waals surface area contributed by atoms with Crippen molar-refractivity contribution in [1.82, 2.24) is 0 Å². The van der Waals surface area contributed by atoms with Gasteiger partial charge in [-0.2, -0.15) is 0 Å². The van der Waals surface area contributed by atoms with Crippen LogP contribution in [-0.2, 0) is 0 Å². The summed E-state index contributed by atoms with van der Waals surface area (Å²) >= 11 is 0. The number of carbonyl (C=O) groups is 1. The molecule has 1 aliphatic rings. The highest BCUT2D eigenvalue weighted by Gasteiger charge is 2.21. The average Bonchev–Trinajstić information content (AvgIpc) is 2.90. The minimum atomic E-state index is -0.873. The summed E-state index contributed by atoms with van der Waals surface area (Å²) in [6.45, 7) is 0. The zero-order chi connectivity index (χ0) is 13.2. The Labute approximate surface area is 115 Å². The summed E-state index contributed by atoms with van der Waals surface area (Å²) in [6.07, 6.45) is 2.04. The van der Waals surface area contributed by atoms with Gasteiger partial charge in [-0.25, -0.2) is 0 Å². The fourth-order valence-electron chi connectivity index (χ4n) is 2.13. The van der Waals surface area contributed by atoms with Crippen LogP contribution in [-0.4, -0.2) is 12.2 Å². The Morgan fingerprint density at radius 3 is 2.53 bits per heavy atom. The van der Waals surface area contributed by atoms with Gasteiger partial charge in [0, 0.05) is 10.5 Å². The molecule has 1 unspecified atom stereocenters. The van der Waals surface area contributed by atoms with Crippen LogP contribution in [0.4, 0.5) is 0 Å². The number of fused-ring (bicyclic) bond motifs is 1. The van der Waals surface area contributed by atoms with Gasteiger partial charge in [-0.05, 0) is 47.4 Å². The van der Waals surface area contributed by atoms with E-state index in [4.69, 9.17) is 4.74 Å². The second-order valence-corrected chi connectivity index (χ2v) is 6.20. The molecule has 0 bridgehead atoms. The SMILES string of the molecule is COc1ccc(C(=O)[SH]2C=Cc3ccccc32)cc1. The van der Waals surface area contributed by atoms with E-state index in [0.29, 0.717) is 0 Å². The van der Waals surface area contributed by atoms with Crippen LogP contribution in [0.25, 0.3) is 6.08 Å². The molecular weight excluding hydrogens is 256 g/mol. The van der Waals surface area contributed by atoms with Crippen molar-refractivity contribution in [2.45, 2.75) is 4.90 Å². The number of rotatable bonds is 2. The average molecular weight is 270 g/mol. The van der Waals surface area contributed by atoms with E-state index >= 15 is 0 Å². The zero-order valence-electron chi connectivity index (χ0n) is 10.5. The molecule has 0 fully saturated rings. The first-order valence-corrected chi connectivity index (χ1v) is 7.45.